The second kappa shape index (κ2) is 6.26. The minimum Gasteiger partial charge on any atom is -0.493 e. The van der Waals surface area contributed by atoms with E-state index in [0.29, 0.717) is 13.4 Å². The predicted molar refractivity (Wildman–Crippen MR) is 92.2 cm³/mol. The SMILES string of the molecule is c1cc2c(cc1OCCCN1CCc3c(ncn3C3CC3)C1)OCO2. The third-order valence-electron chi connectivity index (χ3n) is 5.19. The smallest absolute Gasteiger partial charge is 0.231 e. The molecule has 5 rings (SSSR count). The summed E-state index contributed by atoms with van der Waals surface area (Å²) >= 11 is 0. The highest BCUT2D eigenvalue weighted by Crippen LogP contribution is 2.37. The zero-order chi connectivity index (χ0) is 16.6. The first kappa shape index (κ1) is 15.1. The highest BCUT2D eigenvalue weighted by Gasteiger charge is 2.29. The maximum absolute atomic E-state index is 5.85. The van der Waals surface area contributed by atoms with Gasteiger partial charge in [-0.15, -0.1) is 0 Å². The van der Waals surface area contributed by atoms with Crippen molar-refractivity contribution in [1.29, 1.82) is 0 Å². The van der Waals surface area contributed by atoms with Crippen molar-refractivity contribution in [2.75, 3.05) is 26.5 Å². The number of hydrogen-bond acceptors (Lipinski definition) is 5. The minimum atomic E-state index is 0.298. The number of hydrogen-bond donors (Lipinski definition) is 0. The molecule has 132 valence electrons. The molecule has 0 unspecified atom stereocenters. The molecule has 0 atom stereocenters. The van der Waals surface area contributed by atoms with Crippen LogP contribution in [0.3, 0.4) is 0 Å². The van der Waals surface area contributed by atoms with Crippen LogP contribution in [0.2, 0.25) is 0 Å². The van der Waals surface area contributed by atoms with Crippen LogP contribution in [0.25, 0.3) is 0 Å². The summed E-state index contributed by atoms with van der Waals surface area (Å²) in [5, 5.41) is 0. The summed E-state index contributed by atoms with van der Waals surface area (Å²) in [6, 6.07) is 6.48. The monoisotopic (exact) mass is 341 g/mol. The molecule has 1 aromatic heterocycles. The summed E-state index contributed by atoms with van der Waals surface area (Å²) in [7, 11) is 0. The Labute approximate surface area is 147 Å². The van der Waals surface area contributed by atoms with Crippen molar-refractivity contribution < 1.29 is 14.2 Å². The minimum absolute atomic E-state index is 0.298. The second-order valence-corrected chi connectivity index (χ2v) is 7.02. The molecule has 6 nitrogen and oxygen atoms in total. The average molecular weight is 341 g/mol. The maximum Gasteiger partial charge on any atom is 0.231 e. The lowest BCUT2D eigenvalue weighted by Crippen LogP contribution is -2.32. The molecule has 0 spiro atoms. The third kappa shape index (κ3) is 3.06. The number of imidazole rings is 1. The van der Waals surface area contributed by atoms with E-state index in [-0.39, 0.29) is 0 Å². The first-order chi connectivity index (χ1) is 12.4. The molecule has 3 heterocycles. The van der Waals surface area contributed by atoms with Crippen molar-refractivity contribution in [3.8, 4) is 17.2 Å². The van der Waals surface area contributed by atoms with Gasteiger partial charge in [0.1, 0.15) is 5.75 Å². The topological polar surface area (TPSA) is 48.8 Å². The lowest BCUT2D eigenvalue weighted by Gasteiger charge is -2.27. The van der Waals surface area contributed by atoms with Gasteiger partial charge in [0.05, 0.1) is 18.6 Å². The third-order valence-corrected chi connectivity index (χ3v) is 5.19. The first-order valence-corrected chi connectivity index (χ1v) is 9.16. The Morgan fingerprint density at radius 1 is 1.20 bits per heavy atom. The van der Waals surface area contributed by atoms with Crippen molar-refractivity contribution in [2.45, 2.75) is 38.3 Å². The summed E-state index contributed by atoms with van der Waals surface area (Å²) in [6.07, 6.45) is 6.82. The Hall–Kier alpha value is -2.21. The maximum atomic E-state index is 5.85. The molecule has 0 bridgehead atoms. The van der Waals surface area contributed by atoms with Gasteiger partial charge in [-0.1, -0.05) is 0 Å². The van der Waals surface area contributed by atoms with E-state index in [1.165, 1.54) is 24.2 Å². The summed E-state index contributed by atoms with van der Waals surface area (Å²) in [5.74, 6) is 2.41. The second-order valence-electron chi connectivity index (χ2n) is 7.02. The number of ether oxygens (including phenoxy) is 3. The zero-order valence-corrected chi connectivity index (χ0v) is 14.3. The van der Waals surface area contributed by atoms with Gasteiger partial charge in [-0.25, -0.2) is 4.98 Å². The molecule has 0 N–H and O–H groups in total. The summed E-state index contributed by atoms with van der Waals surface area (Å²) in [5.41, 5.74) is 2.74. The Bertz CT molecular complexity index is 769. The van der Waals surface area contributed by atoms with Gasteiger partial charge >= 0.3 is 0 Å². The van der Waals surface area contributed by atoms with E-state index >= 15 is 0 Å². The molecule has 2 aliphatic heterocycles. The Kier molecular flexibility index (Phi) is 3.77. The summed E-state index contributed by atoms with van der Waals surface area (Å²) in [4.78, 5) is 7.12. The molecule has 1 saturated carbocycles. The van der Waals surface area contributed by atoms with E-state index < -0.39 is 0 Å². The van der Waals surface area contributed by atoms with Crippen molar-refractivity contribution in [3.05, 3.63) is 35.9 Å². The van der Waals surface area contributed by atoms with Gasteiger partial charge in [0.15, 0.2) is 11.5 Å². The lowest BCUT2D eigenvalue weighted by molar-refractivity contribution is 0.173. The molecular weight excluding hydrogens is 318 g/mol. The Balaban J connectivity index is 1.10. The standard InChI is InChI=1S/C19H23N3O3/c1(9-23-15-4-5-18-19(10-15)25-13-24-18)7-21-8-6-17-16(11-21)20-12-22(17)14-2-3-14/h4-5,10,12,14H,1-3,6-9,11,13H2. The lowest BCUT2D eigenvalue weighted by atomic mass is 10.1. The Morgan fingerprint density at radius 2 is 2.12 bits per heavy atom. The normalized spacial score (nSPS) is 19.0. The fraction of sp³-hybridized carbons (Fsp3) is 0.526. The van der Waals surface area contributed by atoms with E-state index in [1.807, 2.05) is 18.2 Å². The van der Waals surface area contributed by atoms with Crippen molar-refractivity contribution in [3.63, 3.8) is 0 Å². The fourth-order valence-corrected chi connectivity index (χ4v) is 3.69. The molecule has 6 heteroatoms. The fourth-order valence-electron chi connectivity index (χ4n) is 3.69. The highest BCUT2D eigenvalue weighted by atomic mass is 16.7. The van der Waals surface area contributed by atoms with Gasteiger partial charge in [-0.05, 0) is 31.4 Å². The molecule has 0 saturated heterocycles. The van der Waals surface area contributed by atoms with Crippen LogP contribution in [-0.2, 0) is 13.0 Å². The van der Waals surface area contributed by atoms with Gasteiger partial charge in [0.2, 0.25) is 6.79 Å². The van der Waals surface area contributed by atoms with Gasteiger partial charge in [0.25, 0.3) is 0 Å². The molecule has 0 amide bonds. The van der Waals surface area contributed by atoms with Crippen LogP contribution in [0, 0.1) is 0 Å². The van der Waals surface area contributed by atoms with Gasteiger partial charge in [-0.3, -0.25) is 4.90 Å². The van der Waals surface area contributed by atoms with Gasteiger partial charge in [0, 0.05) is 43.9 Å². The number of aromatic nitrogens is 2. The van der Waals surface area contributed by atoms with E-state index in [4.69, 9.17) is 14.2 Å². The molecular formula is C19H23N3O3. The summed E-state index contributed by atoms with van der Waals surface area (Å²) in [6.45, 7) is 4.14. The van der Waals surface area contributed by atoms with Crippen molar-refractivity contribution in [2.24, 2.45) is 0 Å². The number of rotatable bonds is 6. The van der Waals surface area contributed by atoms with Crippen LogP contribution in [0.15, 0.2) is 24.5 Å². The van der Waals surface area contributed by atoms with Gasteiger partial charge < -0.3 is 18.8 Å². The summed E-state index contributed by atoms with van der Waals surface area (Å²) < 4.78 is 19.0. The number of nitrogens with zero attached hydrogens (tertiary/aromatic N) is 3. The average Bonchev–Trinajstić information content (AvgIpc) is 3.22. The van der Waals surface area contributed by atoms with Crippen LogP contribution in [0.4, 0.5) is 0 Å². The first-order valence-electron chi connectivity index (χ1n) is 9.16. The van der Waals surface area contributed by atoms with Gasteiger partial charge in [-0.2, -0.15) is 0 Å². The van der Waals surface area contributed by atoms with E-state index in [2.05, 4.69) is 20.8 Å². The largest absolute Gasteiger partial charge is 0.493 e. The van der Waals surface area contributed by atoms with E-state index in [0.717, 1.165) is 55.8 Å². The quantitative estimate of drug-likeness (QED) is 0.756. The molecule has 2 aromatic rings. The van der Waals surface area contributed by atoms with Crippen LogP contribution < -0.4 is 14.2 Å². The zero-order valence-electron chi connectivity index (χ0n) is 14.3. The number of benzene rings is 1. The number of fused-ring (bicyclic) bond motifs is 2. The van der Waals surface area contributed by atoms with E-state index in [9.17, 15) is 0 Å². The van der Waals surface area contributed by atoms with E-state index in [1.54, 1.807) is 0 Å². The molecule has 1 aromatic carbocycles. The Morgan fingerprint density at radius 3 is 3.04 bits per heavy atom. The van der Waals surface area contributed by atoms with Crippen LogP contribution >= 0.6 is 0 Å². The molecule has 25 heavy (non-hydrogen) atoms. The predicted octanol–water partition coefficient (Wildman–Crippen LogP) is 2.77. The van der Waals surface area contributed by atoms with Crippen LogP contribution in [0.5, 0.6) is 17.2 Å². The van der Waals surface area contributed by atoms with Crippen LogP contribution in [0.1, 0.15) is 36.7 Å². The van der Waals surface area contributed by atoms with Crippen LogP contribution in [-0.4, -0.2) is 40.9 Å². The molecule has 1 aliphatic carbocycles. The molecule has 1 fully saturated rings. The van der Waals surface area contributed by atoms with Crippen molar-refractivity contribution >= 4 is 0 Å². The van der Waals surface area contributed by atoms with Crippen molar-refractivity contribution in [1.82, 2.24) is 14.5 Å². The molecule has 0 radical (unpaired) electrons. The highest BCUT2D eigenvalue weighted by molar-refractivity contribution is 5.46. The molecule has 3 aliphatic rings.